The predicted octanol–water partition coefficient (Wildman–Crippen LogP) is 1.09. The van der Waals surface area contributed by atoms with Crippen LogP contribution in [0.5, 0.6) is 11.5 Å². The van der Waals surface area contributed by atoms with Gasteiger partial charge in [0, 0.05) is 6.04 Å². The lowest BCUT2D eigenvalue weighted by Gasteiger charge is -2.17. The number of carboxylic acid groups (broad SMARTS) is 1. The SMILES string of the molecule is CC(C)NC(Cc1ccc(O)c(O)c1)C(=O)O. The molecule has 0 radical (unpaired) electrons. The van der Waals surface area contributed by atoms with E-state index in [1.807, 2.05) is 13.8 Å². The molecule has 94 valence electrons. The number of phenols is 2. The highest BCUT2D eigenvalue weighted by atomic mass is 16.4. The van der Waals surface area contributed by atoms with Crippen LogP contribution in [0.4, 0.5) is 0 Å². The third-order valence-electron chi connectivity index (χ3n) is 2.31. The van der Waals surface area contributed by atoms with Crippen LogP contribution in [-0.4, -0.2) is 33.4 Å². The number of carbonyl (C=O) groups is 1. The highest BCUT2D eigenvalue weighted by Crippen LogP contribution is 2.25. The summed E-state index contributed by atoms with van der Waals surface area (Å²) in [5.41, 5.74) is 0.654. The highest BCUT2D eigenvalue weighted by molar-refractivity contribution is 5.74. The number of hydrogen-bond acceptors (Lipinski definition) is 4. The third kappa shape index (κ3) is 3.96. The van der Waals surface area contributed by atoms with Gasteiger partial charge in [-0.05, 0) is 24.1 Å². The van der Waals surface area contributed by atoms with Gasteiger partial charge in [0.1, 0.15) is 6.04 Å². The van der Waals surface area contributed by atoms with E-state index in [-0.39, 0.29) is 24.0 Å². The molecule has 1 aromatic carbocycles. The van der Waals surface area contributed by atoms with Crippen molar-refractivity contribution in [1.82, 2.24) is 5.32 Å². The first-order valence-corrected chi connectivity index (χ1v) is 5.40. The first-order chi connectivity index (χ1) is 7.90. The normalized spacial score (nSPS) is 12.6. The van der Waals surface area contributed by atoms with Crippen LogP contribution in [0.25, 0.3) is 0 Å². The fourth-order valence-electron chi connectivity index (χ4n) is 1.55. The van der Waals surface area contributed by atoms with Crippen LogP contribution in [0.2, 0.25) is 0 Å². The standard InChI is InChI=1S/C12H17NO4/c1-7(2)13-9(12(16)17)5-8-3-4-10(14)11(15)6-8/h3-4,6-7,9,13-15H,5H2,1-2H3,(H,16,17). The zero-order valence-corrected chi connectivity index (χ0v) is 9.84. The first kappa shape index (κ1) is 13.3. The van der Waals surface area contributed by atoms with Gasteiger partial charge in [-0.3, -0.25) is 4.79 Å². The van der Waals surface area contributed by atoms with Crippen molar-refractivity contribution in [3.05, 3.63) is 23.8 Å². The molecule has 1 atom stereocenters. The Hall–Kier alpha value is -1.75. The van der Waals surface area contributed by atoms with Crippen LogP contribution in [0.3, 0.4) is 0 Å². The molecular formula is C12H17NO4. The molecule has 1 rings (SSSR count). The van der Waals surface area contributed by atoms with E-state index in [2.05, 4.69) is 5.32 Å². The summed E-state index contributed by atoms with van der Waals surface area (Å²) in [6, 6.07) is 3.65. The van der Waals surface area contributed by atoms with E-state index >= 15 is 0 Å². The molecule has 0 aliphatic heterocycles. The molecule has 0 saturated heterocycles. The van der Waals surface area contributed by atoms with Crippen LogP contribution in [-0.2, 0) is 11.2 Å². The molecule has 0 saturated carbocycles. The maximum Gasteiger partial charge on any atom is 0.321 e. The van der Waals surface area contributed by atoms with Crippen molar-refractivity contribution in [2.75, 3.05) is 0 Å². The lowest BCUT2D eigenvalue weighted by atomic mass is 10.0. The molecule has 5 nitrogen and oxygen atoms in total. The van der Waals surface area contributed by atoms with Crippen LogP contribution in [0, 0.1) is 0 Å². The summed E-state index contributed by atoms with van der Waals surface area (Å²) < 4.78 is 0. The fourth-order valence-corrected chi connectivity index (χ4v) is 1.55. The molecule has 0 heterocycles. The molecule has 0 spiro atoms. The number of hydrogen-bond donors (Lipinski definition) is 4. The van der Waals surface area contributed by atoms with E-state index in [1.54, 1.807) is 6.07 Å². The Kier molecular flexibility index (Phi) is 4.34. The van der Waals surface area contributed by atoms with Crippen molar-refractivity contribution in [2.24, 2.45) is 0 Å². The van der Waals surface area contributed by atoms with Gasteiger partial charge in [-0.2, -0.15) is 0 Å². The Morgan fingerprint density at radius 1 is 1.29 bits per heavy atom. The fraction of sp³-hybridized carbons (Fsp3) is 0.417. The molecule has 0 aromatic heterocycles. The van der Waals surface area contributed by atoms with E-state index in [0.29, 0.717) is 5.56 Å². The third-order valence-corrected chi connectivity index (χ3v) is 2.31. The van der Waals surface area contributed by atoms with Gasteiger partial charge in [-0.25, -0.2) is 0 Å². The smallest absolute Gasteiger partial charge is 0.321 e. The average Bonchev–Trinajstić information content (AvgIpc) is 2.21. The summed E-state index contributed by atoms with van der Waals surface area (Å²) in [6.07, 6.45) is 0.251. The Balaban J connectivity index is 2.78. The van der Waals surface area contributed by atoms with E-state index in [1.165, 1.54) is 12.1 Å². The number of phenolic OH excluding ortho intramolecular Hbond substituents is 2. The molecule has 1 aromatic rings. The van der Waals surface area contributed by atoms with Gasteiger partial charge in [0.2, 0.25) is 0 Å². The predicted molar refractivity (Wildman–Crippen MR) is 63.2 cm³/mol. The quantitative estimate of drug-likeness (QED) is 0.577. The second-order valence-electron chi connectivity index (χ2n) is 4.24. The van der Waals surface area contributed by atoms with Gasteiger partial charge in [0.15, 0.2) is 11.5 Å². The zero-order valence-electron chi connectivity index (χ0n) is 9.84. The second kappa shape index (κ2) is 5.54. The highest BCUT2D eigenvalue weighted by Gasteiger charge is 2.18. The largest absolute Gasteiger partial charge is 0.504 e. The van der Waals surface area contributed by atoms with E-state index in [0.717, 1.165) is 0 Å². The molecule has 0 fully saturated rings. The number of carboxylic acids is 1. The Bertz CT molecular complexity index is 403. The number of aliphatic carboxylic acids is 1. The molecule has 17 heavy (non-hydrogen) atoms. The van der Waals surface area contributed by atoms with Crippen molar-refractivity contribution in [1.29, 1.82) is 0 Å². The molecule has 4 N–H and O–H groups in total. The van der Waals surface area contributed by atoms with Crippen molar-refractivity contribution in [3.8, 4) is 11.5 Å². The second-order valence-corrected chi connectivity index (χ2v) is 4.24. The van der Waals surface area contributed by atoms with E-state index in [9.17, 15) is 9.90 Å². The summed E-state index contributed by atoms with van der Waals surface area (Å²) in [5, 5.41) is 30.4. The molecule has 0 aliphatic rings. The molecule has 5 heteroatoms. The Labute approximate surface area is 99.7 Å². The maximum atomic E-state index is 11.0. The van der Waals surface area contributed by atoms with Crippen molar-refractivity contribution in [2.45, 2.75) is 32.4 Å². The number of benzene rings is 1. The minimum Gasteiger partial charge on any atom is -0.504 e. The summed E-state index contributed by atoms with van der Waals surface area (Å²) >= 11 is 0. The maximum absolute atomic E-state index is 11.0. The van der Waals surface area contributed by atoms with Crippen molar-refractivity contribution in [3.63, 3.8) is 0 Å². The van der Waals surface area contributed by atoms with Crippen LogP contribution in [0.15, 0.2) is 18.2 Å². The summed E-state index contributed by atoms with van der Waals surface area (Å²) in [4.78, 5) is 11.0. The topological polar surface area (TPSA) is 89.8 Å². The monoisotopic (exact) mass is 239 g/mol. The van der Waals surface area contributed by atoms with Crippen molar-refractivity contribution < 1.29 is 20.1 Å². The molecule has 1 unspecified atom stereocenters. The molecule has 0 aliphatic carbocycles. The van der Waals surface area contributed by atoms with Gasteiger partial charge in [-0.15, -0.1) is 0 Å². The number of rotatable bonds is 5. The Morgan fingerprint density at radius 3 is 2.41 bits per heavy atom. The average molecular weight is 239 g/mol. The van der Waals surface area contributed by atoms with E-state index in [4.69, 9.17) is 10.2 Å². The van der Waals surface area contributed by atoms with Gasteiger partial charge < -0.3 is 20.6 Å². The molecule has 0 bridgehead atoms. The number of nitrogens with one attached hydrogen (secondary N) is 1. The first-order valence-electron chi connectivity index (χ1n) is 5.40. The van der Waals surface area contributed by atoms with Crippen LogP contribution < -0.4 is 5.32 Å². The summed E-state index contributed by atoms with van der Waals surface area (Å²) in [7, 11) is 0. The van der Waals surface area contributed by atoms with Crippen molar-refractivity contribution >= 4 is 5.97 Å². The number of aromatic hydroxyl groups is 2. The Morgan fingerprint density at radius 2 is 1.94 bits per heavy atom. The van der Waals surface area contributed by atoms with Crippen LogP contribution >= 0.6 is 0 Å². The van der Waals surface area contributed by atoms with Gasteiger partial charge in [0.05, 0.1) is 0 Å². The van der Waals surface area contributed by atoms with Crippen LogP contribution in [0.1, 0.15) is 19.4 Å². The summed E-state index contributed by atoms with van der Waals surface area (Å²) in [6.45, 7) is 3.73. The lowest BCUT2D eigenvalue weighted by molar-refractivity contribution is -0.139. The molecule has 0 amide bonds. The minimum absolute atomic E-state index is 0.0572. The van der Waals surface area contributed by atoms with Gasteiger partial charge in [0.25, 0.3) is 0 Å². The summed E-state index contributed by atoms with van der Waals surface area (Å²) in [5.74, 6) is -1.39. The van der Waals surface area contributed by atoms with Gasteiger partial charge >= 0.3 is 5.97 Å². The van der Waals surface area contributed by atoms with Gasteiger partial charge in [-0.1, -0.05) is 19.9 Å². The lowest BCUT2D eigenvalue weighted by Crippen LogP contribution is -2.42. The van der Waals surface area contributed by atoms with E-state index < -0.39 is 12.0 Å². The zero-order chi connectivity index (χ0) is 13.0. The molecular weight excluding hydrogens is 222 g/mol. The minimum atomic E-state index is -0.939.